The molecule has 0 spiro atoms. The van der Waals surface area contributed by atoms with Crippen molar-refractivity contribution in [2.75, 3.05) is 38.5 Å². The van der Waals surface area contributed by atoms with Crippen LogP contribution in [0.2, 0.25) is 0 Å². The average molecular weight is 411 g/mol. The Balaban J connectivity index is 1.60. The first-order valence-corrected chi connectivity index (χ1v) is 12.2. The van der Waals surface area contributed by atoms with Crippen molar-refractivity contribution in [2.24, 2.45) is 4.99 Å². The summed E-state index contributed by atoms with van der Waals surface area (Å²) in [5.41, 5.74) is -0.634. The minimum absolute atomic E-state index is 0.331. The molecule has 3 rings (SSSR count). The first-order chi connectivity index (χ1) is 13.2. The van der Waals surface area contributed by atoms with Crippen LogP contribution < -0.4 is 10.6 Å². The topological polar surface area (TPSA) is 59.9 Å². The number of thioether (sulfide) groups is 1. The predicted molar refractivity (Wildman–Crippen MR) is 118 cm³/mol. The van der Waals surface area contributed by atoms with E-state index in [1.54, 1.807) is 0 Å². The average Bonchev–Trinajstić information content (AvgIpc) is 3.37. The highest BCUT2D eigenvalue weighted by Gasteiger charge is 2.45. The molecule has 5 nitrogen and oxygen atoms in total. The van der Waals surface area contributed by atoms with E-state index in [2.05, 4.69) is 46.9 Å². The van der Waals surface area contributed by atoms with Gasteiger partial charge < -0.3 is 15.7 Å². The molecule has 2 fully saturated rings. The zero-order valence-electron chi connectivity index (χ0n) is 16.6. The fourth-order valence-corrected chi connectivity index (χ4v) is 5.96. The molecule has 3 unspecified atom stereocenters. The van der Waals surface area contributed by atoms with Gasteiger partial charge in [0, 0.05) is 23.2 Å². The first-order valence-electron chi connectivity index (χ1n) is 10.3. The monoisotopic (exact) mass is 410 g/mol. The van der Waals surface area contributed by atoms with Gasteiger partial charge in [-0.2, -0.15) is 11.8 Å². The maximum Gasteiger partial charge on any atom is 0.191 e. The van der Waals surface area contributed by atoms with Crippen LogP contribution in [0.25, 0.3) is 0 Å². The smallest absolute Gasteiger partial charge is 0.191 e. The van der Waals surface area contributed by atoms with Gasteiger partial charge in [-0.15, -0.1) is 11.3 Å². The van der Waals surface area contributed by atoms with Crippen molar-refractivity contribution in [3.63, 3.8) is 0 Å². The molecule has 3 atom stereocenters. The molecule has 0 aromatic carbocycles. The third kappa shape index (κ3) is 5.40. The van der Waals surface area contributed by atoms with Crippen molar-refractivity contribution in [1.29, 1.82) is 0 Å². The zero-order valence-corrected chi connectivity index (χ0v) is 18.2. The van der Waals surface area contributed by atoms with Gasteiger partial charge in [0.1, 0.15) is 0 Å². The molecule has 7 heteroatoms. The number of nitrogens with one attached hydrogen (secondary N) is 2. The van der Waals surface area contributed by atoms with Crippen molar-refractivity contribution >= 4 is 29.1 Å². The maximum atomic E-state index is 10.8. The fraction of sp³-hybridized carbons (Fsp3) is 0.750. The molecule has 0 amide bonds. The van der Waals surface area contributed by atoms with E-state index < -0.39 is 5.60 Å². The Kier molecular flexibility index (Phi) is 7.87. The second kappa shape index (κ2) is 10.1. The summed E-state index contributed by atoms with van der Waals surface area (Å²) in [5.74, 6) is 1.87. The number of nitrogens with zero attached hydrogens (tertiary/aromatic N) is 2. The summed E-state index contributed by atoms with van der Waals surface area (Å²) in [7, 11) is 0. The van der Waals surface area contributed by atoms with Crippen LogP contribution in [0.15, 0.2) is 22.5 Å². The third-order valence-electron chi connectivity index (χ3n) is 5.58. The Morgan fingerprint density at radius 3 is 2.81 bits per heavy atom. The summed E-state index contributed by atoms with van der Waals surface area (Å²) in [6.45, 7) is 8.74. The van der Waals surface area contributed by atoms with Gasteiger partial charge in [0.15, 0.2) is 5.96 Å². The SMILES string of the molecule is CCNC(=NCC1(O)CCC1SCC)NCC(c1cccs1)N1CCCC1. The molecular formula is C20H34N4OS2. The Labute approximate surface area is 172 Å². The molecule has 0 bridgehead atoms. The molecular weight excluding hydrogens is 376 g/mol. The molecule has 1 aromatic rings. The van der Waals surface area contributed by atoms with Crippen LogP contribution in [0.4, 0.5) is 0 Å². The van der Waals surface area contributed by atoms with Gasteiger partial charge in [0.25, 0.3) is 0 Å². The van der Waals surface area contributed by atoms with Crippen LogP contribution in [0.5, 0.6) is 0 Å². The number of thiophene rings is 1. The summed E-state index contributed by atoms with van der Waals surface area (Å²) in [4.78, 5) is 8.73. The van der Waals surface area contributed by atoms with Crippen LogP contribution >= 0.6 is 23.1 Å². The van der Waals surface area contributed by atoms with Crippen LogP contribution in [0, 0.1) is 0 Å². The lowest BCUT2D eigenvalue weighted by molar-refractivity contribution is -0.0154. The van der Waals surface area contributed by atoms with Crippen molar-refractivity contribution in [2.45, 2.75) is 56.4 Å². The van der Waals surface area contributed by atoms with E-state index in [-0.39, 0.29) is 0 Å². The van der Waals surface area contributed by atoms with Crippen molar-refractivity contribution in [1.82, 2.24) is 15.5 Å². The molecule has 27 heavy (non-hydrogen) atoms. The van der Waals surface area contributed by atoms with Gasteiger partial charge in [-0.1, -0.05) is 13.0 Å². The van der Waals surface area contributed by atoms with Gasteiger partial charge in [0.2, 0.25) is 0 Å². The Hall–Kier alpha value is -0.760. The van der Waals surface area contributed by atoms with Crippen LogP contribution in [-0.4, -0.2) is 65.3 Å². The minimum Gasteiger partial charge on any atom is -0.387 e. The fourth-order valence-electron chi connectivity index (χ4n) is 3.91. The molecule has 1 saturated carbocycles. The van der Waals surface area contributed by atoms with Crippen LogP contribution in [-0.2, 0) is 0 Å². The van der Waals surface area contributed by atoms with E-state index in [1.165, 1.54) is 30.8 Å². The van der Waals surface area contributed by atoms with Gasteiger partial charge in [-0.25, -0.2) is 0 Å². The summed E-state index contributed by atoms with van der Waals surface area (Å²) < 4.78 is 0. The van der Waals surface area contributed by atoms with Crippen molar-refractivity contribution in [3.05, 3.63) is 22.4 Å². The lowest BCUT2D eigenvalue weighted by Gasteiger charge is -2.44. The standard InChI is InChI=1S/C20H34N4OS2/c1-3-21-19(23-15-20(25)10-9-18(20)26-4-2)22-14-16(17-8-7-13-27-17)24-11-5-6-12-24/h7-8,13,16,18,25H,3-6,9-12,14-15H2,1-2H3,(H2,21,22,23). The predicted octanol–water partition coefficient (Wildman–Crippen LogP) is 3.09. The second-order valence-electron chi connectivity index (χ2n) is 7.44. The molecule has 2 heterocycles. The van der Waals surface area contributed by atoms with Crippen LogP contribution in [0.1, 0.15) is 50.4 Å². The molecule has 1 saturated heterocycles. The number of aliphatic hydroxyl groups is 1. The number of guanidine groups is 1. The van der Waals surface area contributed by atoms with Gasteiger partial charge in [0.05, 0.1) is 18.2 Å². The molecule has 3 N–H and O–H groups in total. The van der Waals surface area contributed by atoms with Crippen LogP contribution in [0.3, 0.4) is 0 Å². The Morgan fingerprint density at radius 1 is 1.41 bits per heavy atom. The van der Waals surface area contributed by atoms with Gasteiger partial charge in [-0.3, -0.25) is 9.89 Å². The van der Waals surface area contributed by atoms with E-state index in [0.29, 0.717) is 17.8 Å². The van der Waals surface area contributed by atoms with E-state index >= 15 is 0 Å². The molecule has 1 aliphatic carbocycles. The number of likely N-dealkylation sites (tertiary alicyclic amines) is 1. The third-order valence-corrected chi connectivity index (χ3v) is 7.96. The molecule has 1 aromatic heterocycles. The number of hydrogen-bond donors (Lipinski definition) is 3. The van der Waals surface area contributed by atoms with E-state index in [1.807, 2.05) is 23.1 Å². The molecule has 0 radical (unpaired) electrons. The quantitative estimate of drug-likeness (QED) is 0.431. The highest BCUT2D eigenvalue weighted by molar-refractivity contribution is 8.00. The summed E-state index contributed by atoms with van der Waals surface area (Å²) in [6.07, 6.45) is 4.54. The van der Waals surface area contributed by atoms with Gasteiger partial charge in [-0.05, 0) is 62.9 Å². The highest BCUT2D eigenvalue weighted by Crippen LogP contribution is 2.41. The number of hydrogen-bond acceptors (Lipinski definition) is 5. The second-order valence-corrected chi connectivity index (χ2v) is 9.90. The van der Waals surface area contributed by atoms with Crippen molar-refractivity contribution in [3.8, 4) is 0 Å². The van der Waals surface area contributed by atoms with Gasteiger partial charge >= 0.3 is 0 Å². The number of rotatable bonds is 9. The lowest BCUT2D eigenvalue weighted by atomic mass is 9.79. The lowest BCUT2D eigenvalue weighted by Crippen LogP contribution is -2.53. The Bertz CT molecular complexity index is 589. The highest BCUT2D eigenvalue weighted by atomic mass is 32.2. The molecule has 152 valence electrons. The molecule has 1 aliphatic heterocycles. The van der Waals surface area contributed by atoms with Crippen molar-refractivity contribution < 1.29 is 5.11 Å². The largest absolute Gasteiger partial charge is 0.387 e. The Morgan fingerprint density at radius 2 is 2.22 bits per heavy atom. The normalized spacial score (nSPS) is 27.4. The first kappa shape index (κ1) is 21.0. The summed E-state index contributed by atoms with van der Waals surface area (Å²) in [6, 6.07) is 4.77. The molecule has 2 aliphatic rings. The summed E-state index contributed by atoms with van der Waals surface area (Å²) >= 11 is 3.69. The van der Waals surface area contributed by atoms with E-state index in [9.17, 15) is 5.11 Å². The zero-order chi connectivity index (χ0) is 19.1. The van der Waals surface area contributed by atoms with E-state index in [0.717, 1.165) is 37.6 Å². The number of aliphatic imine (C=N–C) groups is 1. The van der Waals surface area contributed by atoms with E-state index in [4.69, 9.17) is 4.99 Å². The maximum absolute atomic E-state index is 10.8. The minimum atomic E-state index is -0.634. The summed E-state index contributed by atoms with van der Waals surface area (Å²) in [5, 5.41) is 20.2.